The van der Waals surface area contributed by atoms with E-state index in [0.29, 0.717) is 23.4 Å². The summed E-state index contributed by atoms with van der Waals surface area (Å²) >= 11 is 0. The minimum Gasteiger partial charge on any atom is -0.370 e. The zero-order valence-corrected chi connectivity index (χ0v) is 12.3. The summed E-state index contributed by atoms with van der Waals surface area (Å²) in [6.07, 6.45) is 0. The molecule has 2 nitrogen and oxygen atoms in total. The number of Topliss-reactive ketones (excluding diaryl/α,β-unsaturated/α-hetero) is 1. The fourth-order valence-corrected chi connectivity index (χ4v) is 2.21. The topological polar surface area (TPSA) is 20.3 Å². The number of halogens is 2. The molecule has 2 rings (SSSR count). The molecule has 110 valence electrons. The van der Waals surface area contributed by atoms with Crippen molar-refractivity contribution in [3.8, 4) is 0 Å². The van der Waals surface area contributed by atoms with Crippen LogP contribution in [-0.2, 0) is 6.54 Å². The Labute approximate surface area is 123 Å². The van der Waals surface area contributed by atoms with Crippen LogP contribution < -0.4 is 4.90 Å². The van der Waals surface area contributed by atoms with Gasteiger partial charge < -0.3 is 4.90 Å². The molecule has 0 amide bonds. The van der Waals surface area contributed by atoms with Gasteiger partial charge in [0.2, 0.25) is 0 Å². The van der Waals surface area contributed by atoms with Gasteiger partial charge in [0.1, 0.15) is 11.6 Å². The summed E-state index contributed by atoms with van der Waals surface area (Å²) in [7, 11) is 1.82. The lowest BCUT2D eigenvalue weighted by Gasteiger charge is -2.22. The largest absolute Gasteiger partial charge is 0.370 e. The molecule has 0 aliphatic heterocycles. The molecule has 0 bridgehead atoms. The minimum atomic E-state index is -0.390. The van der Waals surface area contributed by atoms with Crippen molar-refractivity contribution in [3.63, 3.8) is 0 Å². The van der Waals surface area contributed by atoms with Crippen LogP contribution in [0.1, 0.15) is 28.4 Å². The monoisotopic (exact) mass is 289 g/mol. The van der Waals surface area contributed by atoms with Gasteiger partial charge in [0.15, 0.2) is 5.78 Å². The van der Waals surface area contributed by atoms with E-state index in [1.54, 1.807) is 25.1 Å². The van der Waals surface area contributed by atoms with Crippen LogP contribution in [-0.4, -0.2) is 12.8 Å². The van der Waals surface area contributed by atoms with E-state index >= 15 is 0 Å². The van der Waals surface area contributed by atoms with Crippen LogP contribution in [0.4, 0.5) is 14.5 Å². The van der Waals surface area contributed by atoms with Crippen molar-refractivity contribution in [2.75, 3.05) is 11.9 Å². The van der Waals surface area contributed by atoms with Gasteiger partial charge in [0, 0.05) is 24.8 Å². The molecule has 0 aromatic heterocycles. The Morgan fingerprint density at radius 2 is 1.76 bits per heavy atom. The van der Waals surface area contributed by atoms with Gasteiger partial charge in [-0.05, 0) is 49.2 Å². The van der Waals surface area contributed by atoms with Gasteiger partial charge in [-0.15, -0.1) is 0 Å². The van der Waals surface area contributed by atoms with E-state index in [2.05, 4.69) is 0 Å². The molecule has 21 heavy (non-hydrogen) atoms. The smallest absolute Gasteiger partial charge is 0.161 e. The summed E-state index contributed by atoms with van der Waals surface area (Å²) in [4.78, 5) is 13.5. The van der Waals surface area contributed by atoms with Gasteiger partial charge in [-0.3, -0.25) is 4.79 Å². The van der Waals surface area contributed by atoms with Gasteiger partial charge in [-0.2, -0.15) is 0 Å². The quantitative estimate of drug-likeness (QED) is 0.789. The number of anilines is 1. The first-order valence-electron chi connectivity index (χ1n) is 6.65. The third-order valence-electron chi connectivity index (χ3n) is 3.40. The van der Waals surface area contributed by atoms with Crippen LogP contribution in [0.15, 0.2) is 36.4 Å². The zero-order chi connectivity index (χ0) is 15.6. The third kappa shape index (κ3) is 3.45. The molecule has 0 atom stereocenters. The van der Waals surface area contributed by atoms with E-state index < -0.39 is 0 Å². The van der Waals surface area contributed by atoms with E-state index in [1.165, 1.54) is 25.1 Å². The normalized spacial score (nSPS) is 10.5. The Kier molecular flexibility index (Phi) is 4.36. The molecule has 0 heterocycles. The van der Waals surface area contributed by atoms with Crippen LogP contribution in [0.5, 0.6) is 0 Å². The van der Waals surface area contributed by atoms with Crippen molar-refractivity contribution in [1.82, 2.24) is 0 Å². The van der Waals surface area contributed by atoms with Gasteiger partial charge in [0.05, 0.1) is 0 Å². The summed E-state index contributed by atoms with van der Waals surface area (Å²) < 4.78 is 26.6. The third-order valence-corrected chi connectivity index (χ3v) is 3.40. The van der Waals surface area contributed by atoms with Gasteiger partial charge in [-0.1, -0.05) is 12.1 Å². The first-order chi connectivity index (χ1) is 9.88. The number of benzene rings is 2. The lowest BCUT2D eigenvalue weighted by atomic mass is 10.0. The standard InChI is InChI=1S/C17H17F2NO/c1-11-8-17(15(12(2)21)9-16(11)19)20(3)10-13-4-6-14(18)7-5-13/h4-9H,10H2,1-3H3. The average Bonchev–Trinajstić information content (AvgIpc) is 2.43. The van der Waals surface area contributed by atoms with Gasteiger partial charge in [0.25, 0.3) is 0 Å². The lowest BCUT2D eigenvalue weighted by Crippen LogP contribution is -2.19. The number of carbonyl (C=O) groups excluding carboxylic acids is 1. The molecule has 0 aliphatic carbocycles. The van der Waals surface area contributed by atoms with Gasteiger partial charge in [-0.25, -0.2) is 8.78 Å². The predicted octanol–water partition coefficient (Wildman–Crippen LogP) is 4.11. The predicted molar refractivity (Wildman–Crippen MR) is 79.6 cm³/mol. The summed E-state index contributed by atoms with van der Waals surface area (Å²) in [5.41, 5.74) is 2.42. The van der Waals surface area contributed by atoms with Gasteiger partial charge >= 0.3 is 0 Å². The molecule has 2 aromatic carbocycles. The second-order valence-electron chi connectivity index (χ2n) is 5.16. The Hall–Kier alpha value is -2.23. The SMILES string of the molecule is CC(=O)c1cc(F)c(C)cc1N(C)Cc1ccc(F)cc1. The summed E-state index contributed by atoms with van der Waals surface area (Å²) in [5, 5.41) is 0. The van der Waals surface area contributed by atoms with Crippen molar-refractivity contribution in [3.05, 3.63) is 64.7 Å². The van der Waals surface area contributed by atoms with Crippen molar-refractivity contribution >= 4 is 11.5 Å². The average molecular weight is 289 g/mol. The Bertz CT molecular complexity index is 665. The first-order valence-corrected chi connectivity index (χ1v) is 6.65. The van der Waals surface area contributed by atoms with Crippen molar-refractivity contribution in [2.24, 2.45) is 0 Å². The molecule has 0 saturated heterocycles. The van der Waals surface area contributed by atoms with Crippen molar-refractivity contribution in [1.29, 1.82) is 0 Å². The molecule has 0 unspecified atom stereocenters. The number of carbonyl (C=O) groups is 1. The molecule has 0 radical (unpaired) electrons. The number of aryl methyl sites for hydroxylation is 1. The fraction of sp³-hybridized carbons (Fsp3) is 0.235. The maximum Gasteiger partial charge on any atom is 0.161 e. The maximum absolute atomic E-state index is 13.6. The molecule has 2 aromatic rings. The molecular weight excluding hydrogens is 272 g/mol. The van der Waals surface area contributed by atoms with Crippen LogP contribution >= 0.6 is 0 Å². The van der Waals surface area contributed by atoms with Crippen LogP contribution in [0.2, 0.25) is 0 Å². The van der Waals surface area contributed by atoms with Crippen LogP contribution in [0, 0.1) is 18.6 Å². The molecular formula is C17H17F2NO. The molecule has 4 heteroatoms. The number of rotatable bonds is 4. The van der Waals surface area contributed by atoms with E-state index in [4.69, 9.17) is 0 Å². The first kappa shape index (κ1) is 15.2. The van der Waals surface area contributed by atoms with E-state index in [9.17, 15) is 13.6 Å². The second kappa shape index (κ2) is 6.04. The summed E-state index contributed by atoms with van der Waals surface area (Å²) in [6, 6.07) is 9.10. The molecule has 0 N–H and O–H groups in total. The number of hydrogen-bond donors (Lipinski definition) is 0. The Balaban J connectivity index is 2.33. The maximum atomic E-state index is 13.6. The molecule has 0 saturated carbocycles. The highest BCUT2D eigenvalue weighted by Gasteiger charge is 2.14. The Morgan fingerprint density at radius 1 is 1.14 bits per heavy atom. The highest BCUT2D eigenvalue weighted by molar-refractivity contribution is 5.99. The minimum absolute atomic E-state index is 0.185. The Morgan fingerprint density at radius 3 is 2.33 bits per heavy atom. The van der Waals surface area contributed by atoms with E-state index in [1.807, 2.05) is 11.9 Å². The van der Waals surface area contributed by atoms with Crippen molar-refractivity contribution < 1.29 is 13.6 Å². The summed E-state index contributed by atoms with van der Waals surface area (Å²) in [5.74, 6) is -0.863. The molecule has 0 spiro atoms. The van der Waals surface area contributed by atoms with Crippen LogP contribution in [0.25, 0.3) is 0 Å². The number of nitrogens with zero attached hydrogens (tertiary/aromatic N) is 1. The van der Waals surface area contributed by atoms with Crippen molar-refractivity contribution in [2.45, 2.75) is 20.4 Å². The second-order valence-corrected chi connectivity index (χ2v) is 5.16. The molecule has 0 fully saturated rings. The number of ketones is 1. The van der Waals surface area contributed by atoms with Crippen LogP contribution in [0.3, 0.4) is 0 Å². The highest BCUT2D eigenvalue weighted by Crippen LogP contribution is 2.25. The zero-order valence-electron chi connectivity index (χ0n) is 12.3. The highest BCUT2D eigenvalue weighted by atomic mass is 19.1. The fourth-order valence-electron chi connectivity index (χ4n) is 2.21. The summed E-state index contributed by atoms with van der Waals surface area (Å²) in [6.45, 7) is 3.58. The van der Waals surface area contributed by atoms with E-state index in [0.717, 1.165) is 5.56 Å². The molecule has 0 aliphatic rings. The number of hydrogen-bond acceptors (Lipinski definition) is 2. The van der Waals surface area contributed by atoms with E-state index in [-0.39, 0.29) is 17.4 Å². The lowest BCUT2D eigenvalue weighted by molar-refractivity contribution is 0.101.